The number of nitrogens with zero attached hydrogens (tertiary/aromatic N) is 1. The van der Waals surface area contributed by atoms with Crippen LogP contribution in [0, 0.1) is 0 Å². The number of carbonyl (C=O) groups excluding carboxylic acids is 1. The number of amides is 1. The molecule has 1 aromatic heterocycles. The molecule has 1 aliphatic heterocycles. The van der Waals surface area contributed by atoms with Crippen molar-refractivity contribution in [3.8, 4) is 34.1 Å². The fraction of sp³-hybridized carbons (Fsp3) is 0.385. The van der Waals surface area contributed by atoms with Crippen molar-refractivity contribution >= 4 is 17.7 Å². The Bertz CT molecular complexity index is 1110. The maximum Gasteiger partial charge on any atom is 0.230 e. The SMILES string of the molecule is CCc1ccc(-c2nc(SCC(=O)NCC3CCCO3)c(-c3ccc(OC)c(OC)c3)[nH]2)cc1. The third-order valence-electron chi connectivity index (χ3n) is 5.87. The van der Waals surface area contributed by atoms with E-state index in [0.29, 0.717) is 18.0 Å². The van der Waals surface area contributed by atoms with Gasteiger partial charge in [-0.15, -0.1) is 0 Å². The predicted molar refractivity (Wildman–Crippen MR) is 135 cm³/mol. The van der Waals surface area contributed by atoms with Crippen molar-refractivity contribution in [2.24, 2.45) is 0 Å². The number of H-pyrrole nitrogens is 1. The van der Waals surface area contributed by atoms with E-state index in [9.17, 15) is 4.79 Å². The Morgan fingerprint density at radius 1 is 1.15 bits per heavy atom. The molecule has 2 aromatic carbocycles. The van der Waals surface area contributed by atoms with Gasteiger partial charge in [-0.2, -0.15) is 0 Å². The topological polar surface area (TPSA) is 85.5 Å². The number of nitrogens with one attached hydrogen (secondary N) is 2. The lowest BCUT2D eigenvalue weighted by molar-refractivity contribution is -0.119. The lowest BCUT2D eigenvalue weighted by Crippen LogP contribution is -2.32. The van der Waals surface area contributed by atoms with Crippen molar-refractivity contribution in [3.05, 3.63) is 48.0 Å². The number of hydrogen-bond acceptors (Lipinski definition) is 6. The van der Waals surface area contributed by atoms with Crippen molar-refractivity contribution in [2.75, 3.05) is 33.1 Å². The van der Waals surface area contributed by atoms with Gasteiger partial charge in [0.25, 0.3) is 0 Å². The summed E-state index contributed by atoms with van der Waals surface area (Å²) in [6, 6.07) is 14.1. The number of aryl methyl sites for hydroxylation is 1. The average Bonchev–Trinajstić information content (AvgIpc) is 3.56. The van der Waals surface area contributed by atoms with E-state index >= 15 is 0 Å². The summed E-state index contributed by atoms with van der Waals surface area (Å²) in [5, 5.41) is 3.74. The molecule has 1 aliphatic rings. The zero-order chi connectivity index (χ0) is 23.9. The van der Waals surface area contributed by atoms with Gasteiger partial charge in [0, 0.05) is 24.3 Å². The zero-order valence-electron chi connectivity index (χ0n) is 19.8. The zero-order valence-corrected chi connectivity index (χ0v) is 20.7. The Morgan fingerprint density at radius 2 is 1.91 bits per heavy atom. The second-order valence-electron chi connectivity index (χ2n) is 8.11. The highest BCUT2D eigenvalue weighted by Gasteiger charge is 2.19. The number of aromatic nitrogens is 2. The van der Waals surface area contributed by atoms with Crippen molar-refractivity contribution in [1.82, 2.24) is 15.3 Å². The number of thioether (sulfide) groups is 1. The lowest BCUT2D eigenvalue weighted by Gasteiger charge is -2.11. The van der Waals surface area contributed by atoms with Crippen LogP contribution >= 0.6 is 11.8 Å². The van der Waals surface area contributed by atoms with E-state index in [-0.39, 0.29) is 17.8 Å². The van der Waals surface area contributed by atoms with Crippen LogP contribution in [0.3, 0.4) is 0 Å². The fourth-order valence-electron chi connectivity index (χ4n) is 3.90. The van der Waals surface area contributed by atoms with Gasteiger partial charge in [0.05, 0.1) is 31.8 Å². The summed E-state index contributed by atoms with van der Waals surface area (Å²) in [5.41, 5.74) is 4.01. The van der Waals surface area contributed by atoms with Crippen molar-refractivity contribution in [3.63, 3.8) is 0 Å². The summed E-state index contributed by atoms with van der Waals surface area (Å²) in [4.78, 5) is 20.8. The Labute approximate surface area is 204 Å². The highest BCUT2D eigenvalue weighted by Crippen LogP contribution is 2.37. The van der Waals surface area contributed by atoms with Gasteiger partial charge in [0.2, 0.25) is 5.91 Å². The van der Waals surface area contributed by atoms with Crippen LogP contribution in [-0.2, 0) is 16.0 Å². The number of methoxy groups -OCH3 is 2. The number of ether oxygens (including phenoxy) is 3. The van der Waals surface area contributed by atoms with Crippen molar-refractivity contribution in [2.45, 2.75) is 37.3 Å². The van der Waals surface area contributed by atoms with Crippen LogP contribution in [0.2, 0.25) is 0 Å². The molecule has 1 saturated heterocycles. The second kappa shape index (κ2) is 11.4. The molecule has 34 heavy (non-hydrogen) atoms. The largest absolute Gasteiger partial charge is 0.493 e. The number of hydrogen-bond donors (Lipinski definition) is 2. The molecule has 0 radical (unpaired) electrons. The van der Waals surface area contributed by atoms with Gasteiger partial charge < -0.3 is 24.5 Å². The minimum atomic E-state index is -0.0318. The number of aromatic amines is 1. The van der Waals surface area contributed by atoms with Gasteiger partial charge in [-0.25, -0.2) is 4.98 Å². The smallest absolute Gasteiger partial charge is 0.230 e. The van der Waals surface area contributed by atoms with Crippen LogP contribution in [0.25, 0.3) is 22.6 Å². The molecule has 1 fully saturated rings. The maximum atomic E-state index is 12.5. The quantitative estimate of drug-likeness (QED) is 0.408. The van der Waals surface area contributed by atoms with E-state index in [1.54, 1.807) is 14.2 Å². The summed E-state index contributed by atoms with van der Waals surface area (Å²) in [6.45, 7) is 3.46. The normalized spacial score (nSPS) is 15.3. The van der Waals surface area contributed by atoms with Crippen molar-refractivity contribution in [1.29, 1.82) is 0 Å². The number of imidazole rings is 1. The highest BCUT2D eigenvalue weighted by molar-refractivity contribution is 8.00. The average molecular weight is 482 g/mol. The van der Waals surface area contributed by atoms with Gasteiger partial charge in [-0.1, -0.05) is 43.0 Å². The molecule has 2 heterocycles. The van der Waals surface area contributed by atoms with Crippen molar-refractivity contribution < 1.29 is 19.0 Å². The van der Waals surface area contributed by atoms with E-state index in [2.05, 4.69) is 41.5 Å². The molecule has 0 aliphatic carbocycles. The Kier molecular flexibility index (Phi) is 8.13. The molecule has 180 valence electrons. The number of carbonyl (C=O) groups is 1. The number of benzene rings is 2. The first-order chi connectivity index (χ1) is 16.6. The minimum Gasteiger partial charge on any atom is -0.493 e. The lowest BCUT2D eigenvalue weighted by atomic mass is 10.1. The molecule has 3 aromatic rings. The molecule has 0 spiro atoms. The fourth-order valence-corrected chi connectivity index (χ4v) is 4.74. The Hall–Kier alpha value is -2.97. The molecule has 7 nitrogen and oxygen atoms in total. The van der Waals surface area contributed by atoms with E-state index in [0.717, 1.165) is 53.5 Å². The van der Waals surface area contributed by atoms with Gasteiger partial charge in [0.15, 0.2) is 11.5 Å². The first kappa shape index (κ1) is 24.2. The Balaban J connectivity index is 1.57. The summed E-state index contributed by atoms with van der Waals surface area (Å²) in [7, 11) is 3.23. The monoisotopic (exact) mass is 481 g/mol. The molecule has 1 atom stereocenters. The molecule has 1 unspecified atom stereocenters. The third kappa shape index (κ3) is 5.74. The second-order valence-corrected chi connectivity index (χ2v) is 9.08. The molecule has 2 N–H and O–H groups in total. The summed E-state index contributed by atoms with van der Waals surface area (Å²) < 4.78 is 16.5. The van der Waals surface area contributed by atoms with Gasteiger partial charge in [0.1, 0.15) is 10.9 Å². The summed E-state index contributed by atoms with van der Waals surface area (Å²) in [6.07, 6.45) is 3.16. The minimum absolute atomic E-state index is 0.0318. The van der Waals surface area contributed by atoms with Crippen LogP contribution in [0.5, 0.6) is 11.5 Å². The molecule has 8 heteroatoms. The molecule has 0 saturated carbocycles. The number of rotatable bonds is 10. The van der Waals surface area contributed by atoms with Crippen LogP contribution in [0.4, 0.5) is 0 Å². The predicted octanol–water partition coefficient (Wildman–Crippen LogP) is 4.71. The molecular weight excluding hydrogens is 450 g/mol. The van der Waals surface area contributed by atoms with Crippen LogP contribution in [0.1, 0.15) is 25.3 Å². The van der Waals surface area contributed by atoms with Gasteiger partial charge >= 0.3 is 0 Å². The molecule has 0 bridgehead atoms. The van der Waals surface area contributed by atoms with Gasteiger partial charge in [-0.3, -0.25) is 4.79 Å². The molecule has 1 amide bonds. The third-order valence-corrected chi connectivity index (χ3v) is 6.84. The van der Waals surface area contributed by atoms with E-state index in [1.807, 2.05) is 18.2 Å². The Morgan fingerprint density at radius 3 is 2.59 bits per heavy atom. The molecular formula is C26H31N3O4S. The highest BCUT2D eigenvalue weighted by atomic mass is 32.2. The summed E-state index contributed by atoms with van der Waals surface area (Å²) >= 11 is 1.41. The molecule has 4 rings (SSSR count). The van der Waals surface area contributed by atoms with E-state index < -0.39 is 0 Å². The van der Waals surface area contributed by atoms with E-state index in [4.69, 9.17) is 19.2 Å². The first-order valence-electron chi connectivity index (χ1n) is 11.5. The standard InChI is InChI=1S/C26H31N3O4S/c1-4-17-7-9-18(10-8-17)25-28-24(19-11-12-21(31-2)22(14-19)32-3)26(29-25)34-16-23(30)27-15-20-6-5-13-33-20/h7-12,14,20H,4-6,13,15-16H2,1-3H3,(H,27,30)(H,28,29). The van der Waals surface area contributed by atoms with Gasteiger partial charge in [-0.05, 0) is 43.0 Å². The van der Waals surface area contributed by atoms with E-state index in [1.165, 1.54) is 17.3 Å². The van der Waals surface area contributed by atoms with Crippen LogP contribution < -0.4 is 14.8 Å². The van der Waals surface area contributed by atoms with Crippen LogP contribution in [-0.4, -0.2) is 55.1 Å². The first-order valence-corrected chi connectivity index (χ1v) is 12.5. The maximum absolute atomic E-state index is 12.5. The van der Waals surface area contributed by atoms with Crippen LogP contribution in [0.15, 0.2) is 47.5 Å². The summed E-state index contributed by atoms with van der Waals surface area (Å²) in [5.74, 6) is 2.29.